The number of aromatic carboxylic acids is 1. The summed E-state index contributed by atoms with van der Waals surface area (Å²) in [5, 5.41) is 27.2. The van der Waals surface area contributed by atoms with Gasteiger partial charge in [-0.1, -0.05) is 0 Å². The summed E-state index contributed by atoms with van der Waals surface area (Å²) in [6.07, 6.45) is 0. The second kappa shape index (κ2) is 5.28. The van der Waals surface area contributed by atoms with Gasteiger partial charge in [0.05, 0.1) is 21.6 Å². The predicted octanol–water partition coefficient (Wildman–Crippen LogP) is 0.994. The maximum atomic E-state index is 11.3. The van der Waals surface area contributed by atoms with Gasteiger partial charge in [0.15, 0.2) is 0 Å². The summed E-state index contributed by atoms with van der Waals surface area (Å²) in [5.41, 5.74) is -2.03. The van der Waals surface area contributed by atoms with Crippen molar-refractivity contribution in [3.05, 3.63) is 23.8 Å². The minimum Gasteiger partial charge on any atom is -0.478 e. The topological polar surface area (TPSA) is 130 Å². The van der Waals surface area contributed by atoms with Gasteiger partial charge in [0.25, 0.3) is 0 Å². The van der Waals surface area contributed by atoms with E-state index in [0.29, 0.717) is 0 Å². The highest BCUT2D eigenvalue weighted by Gasteiger charge is 2.35. The van der Waals surface area contributed by atoms with Crippen LogP contribution in [-0.2, 0) is 10.0 Å². The zero-order valence-corrected chi connectivity index (χ0v) is 13.2. The van der Waals surface area contributed by atoms with Gasteiger partial charge in [-0.3, -0.25) is 0 Å². The van der Waals surface area contributed by atoms with Crippen LogP contribution in [0, 0.1) is 0 Å². The number of aliphatic hydroxyl groups is 1. The molecule has 0 spiro atoms. The first kappa shape index (κ1) is 17.4. The van der Waals surface area contributed by atoms with Crippen molar-refractivity contribution in [3.63, 3.8) is 0 Å². The molecule has 0 fully saturated rings. The SMILES string of the molecule is CC(C)(O)C(C)(C)Nc1ccc(S(N)(=O)=O)cc1C(=O)O. The Morgan fingerprint density at radius 1 is 1.24 bits per heavy atom. The number of nitrogens with two attached hydrogens (primary N) is 1. The fourth-order valence-corrected chi connectivity index (χ4v) is 2.02. The fraction of sp³-hybridized carbons (Fsp3) is 0.462. The summed E-state index contributed by atoms with van der Waals surface area (Å²) in [6.45, 7) is 6.57. The summed E-state index contributed by atoms with van der Waals surface area (Å²) < 4.78 is 22.6. The minimum atomic E-state index is -3.99. The monoisotopic (exact) mass is 316 g/mol. The molecule has 0 aliphatic heterocycles. The van der Waals surface area contributed by atoms with E-state index >= 15 is 0 Å². The van der Waals surface area contributed by atoms with Crippen LogP contribution in [0.1, 0.15) is 38.1 Å². The number of carboxylic acid groups (broad SMARTS) is 1. The third-order valence-corrected chi connectivity index (χ3v) is 4.44. The maximum Gasteiger partial charge on any atom is 0.337 e. The molecule has 1 aromatic carbocycles. The van der Waals surface area contributed by atoms with Crippen LogP contribution in [0.4, 0.5) is 5.69 Å². The van der Waals surface area contributed by atoms with Crippen molar-refractivity contribution in [1.29, 1.82) is 0 Å². The lowest BCUT2D eigenvalue weighted by atomic mass is 9.85. The van der Waals surface area contributed by atoms with Gasteiger partial charge in [-0.05, 0) is 45.9 Å². The van der Waals surface area contributed by atoms with Crippen molar-refractivity contribution < 1.29 is 23.4 Å². The Morgan fingerprint density at radius 3 is 2.14 bits per heavy atom. The molecule has 0 aliphatic rings. The highest BCUT2D eigenvalue weighted by Crippen LogP contribution is 2.29. The summed E-state index contributed by atoms with van der Waals surface area (Å²) >= 11 is 0. The van der Waals surface area contributed by atoms with Crippen molar-refractivity contribution in [2.24, 2.45) is 5.14 Å². The van der Waals surface area contributed by atoms with Gasteiger partial charge in [-0.25, -0.2) is 18.4 Å². The summed E-state index contributed by atoms with van der Waals surface area (Å²) in [5.74, 6) is -1.30. The van der Waals surface area contributed by atoms with Crippen LogP contribution in [0.15, 0.2) is 23.1 Å². The number of benzene rings is 1. The lowest BCUT2D eigenvalue weighted by molar-refractivity contribution is 0.0239. The van der Waals surface area contributed by atoms with E-state index in [4.69, 9.17) is 5.14 Å². The van der Waals surface area contributed by atoms with E-state index in [-0.39, 0.29) is 16.1 Å². The first-order valence-corrected chi connectivity index (χ1v) is 7.71. The molecule has 0 unspecified atom stereocenters. The van der Waals surface area contributed by atoms with Crippen LogP contribution in [0.3, 0.4) is 0 Å². The second-order valence-corrected chi connectivity index (χ2v) is 7.43. The number of hydrogen-bond donors (Lipinski definition) is 4. The van der Waals surface area contributed by atoms with Crippen molar-refractivity contribution in [1.82, 2.24) is 0 Å². The fourth-order valence-electron chi connectivity index (χ4n) is 1.48. The van der Waals surface area contributed by atoms with Crippen molar-refractivity contribution in [3.8, 4) is 0 Å². The lowest BCUT2D eigenvalue weighted by Gasteiger charge is -2.39. The van der Waals surface area contributed by atoms with Crippen LogP contribution in [0.5, 0.6) is 0 Å². The number of carbonyl (C=O) groups is 1. The molecule has 0 atom stereocenters. The molecule has 5 N–H and O–H groups in total. The molecule has 21 heavy (non-hydrogen) atoms. The van der Waals surface area contributed by atoms with Crippen LogP contribution < -0.4 is 10.5 Å². The predicted molar refractivity (Wildman–Crippen MR) is 78.8 cm³/mol. The molecule has 8 heteroatoms. The quantitative estimate of drug-likeness (QED) is 0.641. The van der Waals surface area contributed by atoms with E-state index in [2.05, 4.69) is 5.32 Å². The Hall–Kier alpha value is -1.64. The summed E-state index contributed by atoms with van der Waals surface area (Å²) in [6, 6.07) is 3.52. The number of carboxylic acids is 1. The number of rotatable bonds is 5. The standard InChI is InChI=1S/C13H20N2O5S/c1-12(2,13(3,4)18)15-10-6-5-8(21(14,19)20)7-9(10)11(16)17/h5-7,15,18H,1-4H3,(H,16,17)(H2,14,19,20). The van der Waals surface area contributed by atoms with Crippen molar-refractivity contribution in [2.45, 2.75) is 43.7 Å². The molecular formula is C13H20N2O5S. The molecule has 0 aliphatic carbocycles. The van der Waals surface area contributed by atoms with Gasteiger partial charge in [-0.2, -0.15) is 0 Å². The molecule has 7 nitrogen and oxygen atoms in total. The third-order valence-electron chi connectivity index (χ3n) is 3.53. The highest BCUT2D eigenvalue weighted by molar-refractivity contribution is 7.89. The normalized spacial score (nSPS) is 13.0. The molecule has 0 amide bonds. The molecule has 1 rings (SSSR count). The first-order valence-electron chi connectivity index (χ1n) is 6.16. The van der Waals surface area contributed by atoms with E-state index in [9.17, 15) is 23.4 Å². The number of anilines is 1. The van der Waals surface area contributed by atoms with Gasteiger partial charge in [0.2, 0.25) is 10.0 Å². The smallest absolute Gasteiger partial charge is 0.337 e. The number of sulfonamides is 1. The number of primary sulfonamides is 1. The Balaban J connectivity index is 3.36. The molecule has 0 heterocycles. The average molecular weight is 316 g/mol. The second-order valence-electron chi connectivity index (χ2n) is 5.87. The number of hydrogen-bond acceptors (Lipinski definition) is 5. The van der Waals surface area contributed by atoms with Crippen LogP contribution >= 0.6 is 0 Å². The summed E-state index contributed by atoms with van der Waals surface area (Å²) in [4.78, 5) is 11.0. The van der Waals surface area contributed by atoms with Gasteiger partial charge < -0.3 is 15.5 Å². The molecule has 0 radical (unpaired) electrons. The molecular weight excluding hydrogens is 296 g/mol. The molecule has 1 aromatic rings. The highest BCUT2D eigenvalue weighted by atomic mass is 32.2. The van der Waals surface area contributed by atoms with Crippen LogP contribution in [-0.4, -0.2) is 35.7 Å². The van der Waals surface area contributed by atoms with Gasteiger partial charge >= 0.3 is 5.97 Å². The Kier molecular flexibility index (Phi) is 4.38. The van der Waals surface area contributed by atoms with E-state index in [1.54, 1.807) is 27.7 Å². The van der Waals surface area contributed by atoms with Gasteiger partial charge in [0, 0.05) is 5.69 Å². The van der Waals surface area contributed by atoms with Crippen LogP contribution in [0.25, 0.3) is 0 Å². The first-order chi connectivity index (χ1) is 9.25. The molecule has 0 bridgehead atoms. The van der Waals surface area contributed by atoms with E-state index in [0.717, 1.165) is 6.07 Å². The Labute approximate surface area is 123 Å². The third kappa shape index (κ3) is 3.93. The Morgan fingerprint density at radius 2 is 1.76 bits per heavy atom. The molecule has 118 valence electrons. The number of nitrogens with one attached hydrogen (secondary N) is 1. The largest absolute Gasteiger partial charge is 0.478 e. The van der Waals surface area contributed by atoms with E-state index in [1.165, 1.54) is 12.1 Å². The molecule has 0 saturated carbocycles. The average Bonchev–Trinajstić information content (AvgIpc) is 2.25. The van der Waals surface area contributed by atoms with Gasteiger partial charge in [0.1, 0.15) is 0 Å². The van der Waals surface area contributed by atoms with Gasteiger partial charge in [-0.15, -0.1) is 0 Å². The zero-order chi connectivity index (χ0) is 16.6. The molecule has 0 saturated heterocycles. The van der Waals surface area contributed by atoms with E-state index in [1.807, 2.05) is 0 Å². The Bertz CT molecular complexity index is 660. The molecule has 0 aromatic heterocycles. The maximum absolute atomic E-state index is 11.3. The van der Waals surface area contributed by atoms with Crippen LogP contribution in [0.2, 0.25) is 0 Å². The van der Waals surface area contributed by atoms with E-state index < -0.39 is 27.1 Å². The minimum absolute atomic E-state index is 0.196. The zero-order valence-electron chi connectivity index (χ0n) is 12.3. The van der Waals surface area contributed by atoms with Crippen molar-refractivity contribution in [2.75, 3.05) is 5.32 Å². The van der Waals surface area contributed by atoms with Crippen molar-refractivity contribution >= 4 is 21.7 Å². The summed E-state index contributed by atoms with van der Waals surface area (Å²) in [7, 11) is -3.99. The lowest BCUT2D eigenvalue weighted by Crippen LogP contribution is -2.51.